The summed E-state index contributed by atoms with van der Waals surface area (Å²) in [4.78, 5) is 4.89. The fraction of sp³-hybridized carbons (Fsp3) is 0. The van der Waals surface area contributed by atoms with Gasteiger partial charge in [0.2, 0.25) is 0 Å². The summed E-state index contributed by atoms with van der Waals surface area (Å²) in [5.41, 5.74) is 5.59. The maximum Gasteiger partial charge on any atom is 0.146 e. The highest BCUT2D eigenvalue weighted by Gasteiger charge is 2.22. The molecule has 0 bridgehead atoms. The topological polar surface area (TPSA) is 22.8 Å². The lowest BCUT2D eigenvalue weighted by Gasteiger charge is -2.12. The van der Waals surface area contributed by atoms with E-state index in [2.05, 4.69) is 112 Å². The molecule has 0 radical (unpaired) electrons. The first kappa shape index (κ1) is 19.0. The zero-order valence-corrected chi connectivity index (χ0v) is 19.5. The fourth-order valence-electron chi connectivity index (χ4n) is 5.51. The maximum atomic E-state index is 4.89. The lowest BCUT2D eigenvalue weighted by molar-refractivity contribution is 1.05. The molecule has 0 aliphatic rings. The minimum absolute atomic E-state index is 0.979. The van der Waals surface area contributed by atoms with Gasteiger partial charge in [-0.1, -0.05) is 54.6 Å². The van der Waals surface area contributed by atoms with Crippen LogP contribution in [-0.2, 0) is 0 Å². The van der Waals surface area contributed by atoms with E-state index >= 15 is 0 Å². The summed E-state index contributed by atoms with van der Waals surface area (Å²) in [7, 11) is 0. The number of thiophene rings is 1. The molecule has 164 valence electrons. The van der Waals surface area contributed by atoms with Gasteiger partial charge in [-0.2, -0.15) is 0 Å². The molecule has 0 fully saturated rings. The molecule has 35 heavy (non-hydrogen) atoms. The SMILES string of the molecule is c1ccc(-n2c3ccccc3c3c4cccnc4n(-c4ccc5sc6ccccc6c5c4)c32)cc1. The quantitative estimate of drug-likeness (QED) is 0.251. The predicted octanol–water partition coefficient (Wildman–Crippen LogP) is 8.49. The van der Waals surface area contributed by atoms with E-state index in [9.17, 15) is 0 Å². The number of fused-ring (bicyclic) bond motifs is 8. The van der Waals surface area contributed by atoms with Crippen LogP contribution in [-0.4, -0.2) is 14.1 Å². The lowest BCUT2D eigenvalue weighted by atomic mass is 10.1. The maximum absolute atomic E-state index is 4.89. The van der Waals surface area contributed by atoms with E-state index in [1.807, 2.05) is 23.6 Å². The summed E-state index contributed by atoms with van der Waals surface area (Å²) >= 11 is 1.85. The van der Waals surface area contributed by atoms with Crippen molar-refractivity contribution in [2.75, 3.05) is 0 Å². The van der Waals surface area contributed by atoms with Crippen molar-refractivity contribution in [3.63, 3.8) is 0 Å². The molecule has 0 saturated heterocycles. The Kier molecular flexibility index (Phi) is 3.82. The van der Waals surface area contributed by atoms with E-state index in [1.165, 1.54) is 41.8 Å². The Morgan fingerprint density at radius 2 is 1.29 bits per heavy atom. The van der Waals surface area contributed by atoms with Gasteiger partial charge in [0.05, 0.1) is 5.52 Å². The molecule has 4 heteroatoms. The van der Waals surface area contributed by atoms with Crippen LogP contribution < -0.4 is 0 Å². The first-order valence-corrected chi connectivity index (χ1v) is 12.6. The number of pyridine rings is 1. The smallest absolute Gasteiger partial charge is 0.146 e. The molecule has 0 aliphatic heterocycles. The molecule has 8 rings (SSSR count). The van der Waals surface area contributed by atoms with Crippen LogP contribution in [0, 0.1) is 0 Å². The van der Waals surface area contributed by atoms with E-state index < -0.39 is 0 Å². The number of hydrogen-bond acceptors (Lipinski definition) is 2. The number of benzene rings is 4. The Morgan fingerprint density at radius 1 is 0.543 bits per heavy atom. The van der Waals surface area contributed by atoms with Gasteiger partial charge in [-0.25, -0.2) is 4.98 Å². The summed E-state index contributed by atoms with van der Waals surface area (Å²) in [6, 6.07) is 39.0. The molecule has 8 aromatic rings. The van der Waals surface area contributed by atoms with Gasteiger partial charge in [-0.3, -0.25) is 9.13 Å². The first-order chi connectivity index (χ1) is 17.4. The van der Waals surface area contributed by atoms with Gasteiger partial charge in [0, 0.05) is 53.9 Å². The molecular weight excluding hydrogens is 446 g/mol. The minimum atomic E-state index is 0.979. The summed E-state index contributed by atoms with van der Waals surface area (Å²) in [5, 5.41) is 6.24. The Morgan fingerprint density at radius 3 is 2.20 bits per heavy atom. The van der Waals surface area contributed by atoms with Crippen LogP contribution in [0.1, 0.15) is 0 Å². The highest BCUT2D eigenvalue weighted by molar-refractivity contribution is 7.25. The molecule has 0 spiro atoms. The van der Waals surface area contributed by atoms with Crippen LogP contribution in [0.4, 0.5) is 0 Å². The van der Waals surface area contributed by atoms with Crippen LogP contribution in [0.15, 0.2) is 115 Å². The zero-order valence-electron chi connectivity index (χ0n) is 18.7. The summed E-state index contributed by atoms with van der Waals surface area (Å²) in [6.07, 6.45) is 1.89. The van der Waals surface area contributed by atoms with Crippen molar-refractivity contribution < 1.29 is 0 Å². The summed E-state index contributed by atoms with van der Waals surface area (Å²) < 4.78 is 7.34. The lowest BCUT2D eigenvalue weighted by Crippen LogP contribution is -2.02. The van der Waals surface area contributed by atoms with Crippen LogP contribution in [0.3, 0.4) is 0 Å². The molecule has 4 heterocycles. The van der Waals surface area contributed by atoms with Gasteiger partial charge in [0.15, 0.2) is 0 Å². The number of para-hydroxylation sites is 2. The van der Waals surface area contributed by atoms with E-state index in [1.54, 1.807) is 0 Å². The van der Waals surface area contributed by atoms with Crippen molar-refractivity contribution in [2.45, 2.75) is 0 Å². The average Bonchev–Trinajstić information content (AvgIpc) is 3.56. The normalized spacial score (nSPS) is 12.0. The molecule has 4 aromatic heterocycles. The predicted molar refractivity (Wildman–Crippen MR) is 148 cm³/mol. The Balaban J connectivity index is 1.58. The Bertz CT molecular complexity index is 2060. The standard InChI is InChI=1S/C31H19N3S/c1-2-9-20(10-3-1)33-26-14-6-4-12-23(26)29-24-13-8-18-32-30(24)34(31(29)33)21-16-17-28-25(19-21)22-11-5-7-15-27(22)35-28/h1-19H. The van der Waals surface area contributed by atoms with Crippen LogP contribution in [0.25, 0.3) is 64.5 Å². The highest BCUT2D eigenvalue weighted by Crippen LogP contribution is 2.41. The zero-order chi connectivity index (χ0) is 22.9. The molecule has 0 atom stereocenters. The van der Waals surface area contributed by atoms with Crippen LogP contribution in [0.2, 0.25) is 0 Å². The van der Waals surface area contributed by atoms with E-state index in [0.29, 0.717) is 0 Å². The molecule has 0 aliphatic carbocycles. The molecule has 0 unspecified atom stereocenters. The third-order valence-electron chi connectivity index (χ3n) is 6.96. The second-order valence-corrected chi connectivity index (χ2v) is 9.96. The fourth-order valence-corrected chi connectivity index (χ4v) is 6.60. The second-order valence-electron chi connectivity index (χ2n) is 8.88. The van der Waals surface area contributed by atoms with Crippen molar-refractivity contribution in [3.8, 4) is 11.4 Å². The number of hydrogen-bond donors (Lipinski definition) is 0. The van der Waals surface area contributed by atoms with Crippen LogP contribution in [0.5, 0.6) is 0 Å². The van der Waals surface area contributed by atoms with Crippen molar-refractivity contribution in [3.05, 3.63) is 115 Å². The molecule has 0 N–H and O–H groups in total. The van der Waals surface area contributed by atoms with Crippen molar-refractivity contribution in [1.82, 2.24) is 14.1 Å². The largest absolute Gasteiger partial charge is 0.295 e. The van der Waals surface area contributed by atoms with Gasteiger partial charge < -0.3 is 0 Å². The van der Waals surface area contributed by atoms with Gasteiger partial charge in [0.25, 0.3) is 0 Å². The van der Waals surface area contributed by atoms with Gasteiger partial charge in [-0.15, -0.1) is 11.3 Å². The molecule has 0 amide bonds. The Labute approximate surface area is 205 Å². The first-order valence-electron chi connectivity index (χ1n) is 11.7. The molecule has 4 aromatic carbocycles. The summed E-state index contributed by atoms with van der Waals surface area (Å²) in [5.74, 6) is 0. The van der Waals surface area contributed by atoms with Crippen LogP contribution >= 0.6 is 11.3 Å². The van der Waals surface area contributed by atoms with Gasteiger partial charge >= 0.3 is 0 Å². The van der Waals surface area contributed by atoms with Crippen molar-refractivity contribution in [2.24, 2.45) is 0 Å². The van der Waals surface area contributed by atoms with E-state index in [4.69, 9.17) is 4.98 Å². The minimum Gasteiger partial charge on any atom is -0.295 e. The van der Waals surface area contributed by atoms with E-state index in [0.717, 1.165) is 22.7 Å². The van der Waals surface area contributed by atoms with Gasteiger partial charge in [0.1, 0.15) is 11.3 Å². The number of rotatable bonds is 2. The monoisotopic (exact) mass is 465 g/mol. The molecular formula is C31H19N3S. The summed E-state index contributed by atoms with van der Waals surface area (Å²) in [6.45, 7) is 0. The highest BCUT2D eigenvalue weighted by atomic mass is 32.1. The van der Waals surface area contributed by atoms with Gasteiger partial charge in [-0.05, 0) is 54.6 Å². The Hall–Kier alpha value is -4.41. The number of nitrogens with zero attached hydrogens (tertiary/aromatic N) is 3. The third kappa shape index (κ3) is 2.57. The average molecular weight is 466 g/mol. The van der Waals surface area contributed by atoms with E-state index in [-0.39, 0.29) is 0 Å². The van der Waals surface area contributed by atoms with Crippen molar-refractivity contribution >= 4 is 64.5 Å². The number of aromatic nitrogens is 3. The van der Waals surface area contributed by atoms with Crippen molar-refractivity contribution in [1.29, 1.82) is 0 Å². The molecule has 3 nitrogen and oxygen atoms in total. The second kappa shape index (κ2) is 7.05. The third-order valence-corrected chi connectivity index (χ3v) is 8.11. The molecule has 0 saturated carbocycles.